The molecular weight excluding hydrogens is 505 g/mol. The molecule has 162 valence electrons. The van der Waals surface area contributed by atoms with Crippen LogP contribution in [0.4, 0.5) is 10.1 Å². The fourth-order valence-electron chi connectivity index (χ4n) is 2.43. The molecule has 0 bridgehead atoms. The van der Waals surface area contributed by atoms with Crippen LogP contribution in [0.3, 0.4) is 0 Å². The zero-order valence-corrected chi connectivity index (χ0v) is 18.5. The molecule has 0 radical (unpaired) electrons. The van der Waals surface area contributed by atoms with Crippen molar-refractivity contribution in [3.8, 4) is 5.75 Å². The van der Waals surface area contributed by atoms with Gasteiger partial charge in [0.2, 0.25) is 0 Å². The molecule has 0 aliphatic heterocycles. The Morgan fingerprint density at radius 1 is 1.00 bits per heavy atom. The SMILES string of the molecule is O=C(NN=Cc1cc(Br)ccc1OC(=O)c1ccccc1Cl)C(=O)Nc1ccc(F)cc1. The van der Waals surface area contributed by atoms with Crippen molar-refractivity contribution in [3.05, 3.63) is 93.2 Å². The van der Waals surface area contributed by atoms with Crippen molar-refractivity contribution in [2.75, 3.05) is 5.32 Å². The van der Waals surface area contributed by atoms with Crippen LogP contribution in [0.2, 0.25) is 5.02 Å². The Morgan fingerprint density at radius 3 is 2.44 bits per heavy atom. The summed E-state index contributed by atoms with van der Waals surface area (Å²) in [6.07, 6.45) is 1.21. The molecule has 2 N–H and O–H groups in total. The summed E-state index contributed by atoms with van der Waals surface area (Å²) in [6.45, 7) is 0. The van der Waals surface area contributed by atoms with Crippen LogP contribution in [-0.4, -0.2) is 24.0 Å². The number of ether oxygens (including phenoxy) is 1. The van der Waals surface area contributed by atoms with Crippen LogP contribution in [0.25, 0.3) is 0 Å². The van der Waals surface area contributed by atoms with Gasteiger partial charge in [-0.1, -0.05) is 39.7 Å². The van der Waals surface area contributed by atoms with Crippen LogP contribution in [0.1, 0.15) is 15.9 Å². The van der Waals surface area contributed by atoms with Gasteiger partial charge in [-0.05, 0) is 54.6 Å². The molecule has 2 amide bonds. The number of hydrazone groups is 1. The Kier molecular flexibility index (Phi) is 7.69. The summed E-state index contributed by atoms with van der Waals surface area (Å²) in [4.78, 5) is 36.3. The summed E-state index contributed by atoms with van der Waals surface area (Å²) >= 11 is 9.33. The van der Waals surface area contributed by atoms with Crippen molar-refractivity contribution >= 4 is 57.2 Å². The van der Waals surface area contributed by atoms with Gasteiger partial charge in [0.05, 0.1) is 16.8 Å². The molecule has 32 heavy (non-hydrogen) atoms. The van der Waals surface area contributed by atoms with Crippen molar-refractivity contribution in [1.82, 2.24) is 5.43 Å². The monoisotopic (exact) mass is 517 g/mol. The number of esters is 1. The van der Waals surface area contributed by atoms with E-state index in [0.717, 1.165) is 12.1 Å². The molecule has 0 atom stereocenters. The Labute approximate surface area is 195 Å². The summed E-state index contributed by atoms with van der Waals surface area (Å²) in [6, 6.07) is 16.1. The average molecular weight is 519 g/mol. The van der Waals surface area contributed by atoms with Gasteiger partial charge in [-0.3, -0.25) is 9.59 Å². The minimum Gasteiger partial charge on any atom is -0.422 e. The lowest BCUT2D eigenvalue weighted by molar-refractivity contribution is -0.136. The number of carbonyl (C=O) groups excluding carboxylic acids is 3. The molecule has 0 aliphatic carbocycles. The molecule has 0 unspecified atom stereocenters. The second-order valence-electron chi connectivity index (χ2n) is 6.21. The molecule has 10 heteroatoms. The largest absolute Gasteiger partial charge is 0.422 e. The quantitative estimate of drug-likeness (QED) is 0.170. The molecule has 3 aromatic carbocycles. The van der Waals surface area contributed by atoms with Gasteiger partial charge in [0.25, 0.3) is 0 Å². The van der Waals surface area contributed by atoms with Gasteiger partial charge in [-0.15, -0.1) is 0 Å². The van der Waals surface area contributed by atoms with E-state index in [4.69, 9.17) is 16.3 Å². The number of anilines is 1. The fourth-order valence-corrected chi connectivity index (χ4v) is 3.02. The zero-order chi connectivity index (χ0) is 23.1. The maximum Gasteiger partial charge on any atom is 0.345 e. The minimum atomic E-state index is -1.05. The third-order valence-corrected chi connectivity index (χ3v) is 4.77. The van der Waals surface area contributed by atoms with Crippen LogP contribution in [0, 0.1) is 5.82 Å². The van der Waals surface area contributed by atoms with E-state index >= 15 is 0 Å². The highest BCUT2D eigenvalue weighted by Gasteiger charge is 2.15. The van der Waals surface area contributed by atoms with E-state index in [1.807, 2.05) is 0 Å². The maximum absolute atomic E-state index is 12.9. The molecular formula is C22H14BrClFN3O4. The van der Waals surface area contributed by atoms with Crippen LogP contribution in [0.5, 0.6) is 5.75 Å². The van der Waals surface area contributed by atoms with Gasteiger partial charge in [-0.2, -0.15) is 5.10 Å². The van der Waals surface area contributed by atoms with Gasteiger partial charge in [0.1, 0.15) is 11.6 Å². The molecule has 0 aliphatic rings. The van der Waals surface area contributed by atoms with Gasteiger partial charge in [0, 0.05) is 15.7 Å². The summed E-state index contributed by atoms with van der Waals surface area (Å²) in [5, 5.41) is 6.28. The Balaban J connectivity index is 1.67. The maximum atomic E-state index is 12.9. The van der Waals surface area contributed by atoms with E-state index in [9.17, 15) is 18.8 Å². The van der Waals surface area contributed by atoms with Crippen molar-refractivity contribution in [2.24, 2.45) is 5.10 Å². The second-order valence-corrected chi connectivity index (χ2v) is 7.53. The molecule has 0 spiro atoms. The van der Waals surface area contributed by atoms with E-state index in [2.05, 4.69) is 31.8 Å². The topological polar surface area (TPSA) is 96.9 Å². The first-order valence-corrected chi connectivity index (χ1v) is 10.2. The number of carbonyl (C=O) groups is 3. The predicted molar refractivity (Wildman–Crippen MR) is 121 cm³/mol. The lowest BCUT2D eigenvalue weighted by Crippen LogP contribution is -2.32. The third kappa shape index (κ3) is 6.22. The van der Waals surface area contributed by atoms with Gasteiger partial charge >= 0.3 is 17.8 Å². The Bertz CT molecular complexity index is 1200. The molecule has 7 nitrogen and oxygen atoms in total. The number of amides is 2. The van der Waals surface area contributed by atoms with E-state index in [0.29, 0.717) is 10.0 Å². The van der Waals surface area contributed by atoms with Crippen LogP contribution in [0.15, 0.2) is 76.3 Å². The number of hydrogen-bond donors (Lipinski definition) is 2. The Hall–Kier alpha value is -3.56. The Morgan fingerprint density at radius 2 is 1.72 bits per heavy atom. The highest BCUT2D eigenvalue weighted by molar-refractivity contribution is 9.10. The number of nitrogens with zero attached hydrogens (tertiary/aromatic N) is 1. The van der Waals surface area contributed by atoms with E-state index in [1.165, 1.54) is 30.5 Å². The molecule has 0 heterocycles. The molecule has 0 saturated carbocycles. The molecule has 3 aromatic rings. The predicted octanol–water partition coefficient (Wildman–Crippen LogP) is 4.55. The van der Waals surface area contributed by atoms with Crippen LogP contribution >= 0.6 is 27.5 Å². The number of hydrogen-bond acceptors (Lipinski definition) is 5. The third-order valence-electron chi connectivity index (χ3n) is 3.95. The lowest BCUT2D eigenvalue weighted by Gasteiger charge is -2.09. The molecule has 0 aromatic heterocycles. The van der Waals surface area contributed by atoms with Crippen molar-refractivity contribution < 1.29 is 23.5 Å². The van der Waals surface area contributed by atoms with Crippen molar-refractivity contribution in [1.29, 1.82) is 0 Å². The zero-order valence-electron chi connectivity index (χ0n) is 16.1. The first kappa shape index (κ1) is 23.1. The normalized spacial score (nSPS) is 10.6. The fraction of sp³-hybridized carbons (Fsp3) is 0. The summed E-state index contributed by atoms with van der Waals surface area (Å²) in [7, 11) is 0. The number of benzene rings is 3. The minimum absolute atomic E-state index is 0.159. The first-order valence-electron chi connectivity index (χ1n) is 8.99. The number of rotatable bonds is 5. The standard InChI is InChI=1S/C22H14BrClFN3O4/c23-14-5-10-19(32-22(31)17-3-1-2-4-18(17)24)13(11-14)12-26-28-21(30)20(29)27-16-8-6-15(25)7-9-16/h1-12H,(H,27,29)(H,28,30). The lowest BCUT2D eigenvalue weighted by atomic mass is 10.2. The van der Waals surface area contributed by atoms with Gasteiger partial charge in [-0.25, -0.2) is 14.6 Å². The first-order chi connectivity index (χ1) is 15.3. The molecule has 0 fully saturated rings. The molecule has 0 saturated heterocycles. The van der Waals surface area contributed by atoms with Gasteiger partial charge < -0.3 is 10.1 Å². The summed E-state index contributed by atoms with van der Waals surface area (Å²) < 4.78 is 19.0. The van der Waals surface area contributed by atoms with E-state index in [1.54, 1.807) is 30.3 Å². The second kappa shape index (κ2) is 10.7. The highest BCUT2D eigenvalue weighted by Crippen LogP contribution is 2.24. The number of halogens is 3. The van der Waals surface area contributed by atoms with Crippen LogP contribution < -0.4 is 15.5 Å². The van der Waals surface area contributed by atoms with Crippen molar-refractivity contribution in [2.45, 2.75) is 0 Å². The highest BCUT2D eigenvalue weighted by atomic mass is 79.9. The number of nitrogens with one attached hydrogen (secondary N) is 2. The van der Waals surface area contributed by atoms with E-state index < -0.39 is 23.6 Å². The average Bonchev–Trinajstić information content (AvgIpc) is 2.77. The van der Waals surface area contributed by atoms with E-state index in [-0.39, 0.29) is 22.0 Å². The smallest absolute Gasteiger partial charge is 0.345 e. The summed E-state index contributed by atoms with van der Waals surface area (Å²) in [5.74, 6) is -3.03. The van der Waals surface area contributed by atoms with Crippen LogP contribution in [-0.2, 0) is 9.59 Å². The summed E-state index contributed by atoms with van der Waals surface area (Å²) in [5.41, 5.74) is 2.85. The van der Waals surface area contributed by atoms with Gasteiger partial charge in [0.15, 0.2) is 0 Å². The molecule has 3 rings (SSSR count). The van der Waals surface area contributed by atoms with Crippen molar-refractivity contribution in [3.63, 3.8) is 0 Å².